The Bertz CT molecular complexity index is 524. The van der Waals surface area contributed by atoms with E-state index in [1.54, 1.807) is 7.11 Å². The molecule has 0 radical (unpaired) electrons. The van der Waals surface area contributed by atoms with Crippen LogP contribution in [0.1, 0.15) is 37.3 Å². The highest BCUT2D eigenvalue weighted by molar-refractivity contribution is 5.78. The molecule has 2 heterocycles. The Labute approximate surface area is 133 Å². The Morgan fingerprint density at radius 1 is 1.23 bits per heavy atom. The van der Waals surface area contributed by atoms with Crippen molar-refractivity contribution in [2.45, 2.75) is 31.7 Å². The number of carbonyl (C=O) groups is 1. The molecule has 1 aromatic carbocycles. The third-order valence-corrected chi connectivity index (χ3v) is 5.12. The maximum absolute atomic E-state index is 12.6. The van der Waals surface area contributed by atoms with Crippen molar-refractivity contribution in [3.05, 3.63) is 29.8 Å². The van der Waals surface area contributed by atoms with E-state index in [4.69, 9.17) is 4.74 Å². The third kappa shape index (κ3) is 3.27. The first-order chi connectivity index (χ1) is 10.7. The Morgan fingerprint density at radius 3 is 2.64 bits per heavy atom. The summed E-state index contributed by atoms with van der Waals surface area (Å²) >= 11 is 0. The van der Waals surface area contributed by atoms with Gasteiger partial charge in [-0.15, -0.1) is 0 Å². The number of piperidine rings is 1. The minimum atomic E-state index is 0.244. The van der Waals surface area contributed by atoms with Crippen LogP contribution < -0.4 is 4.74 Å². The summed E-state index contributed by atoms with van der Waals surface area (Å²) in [4.78, 5) is 17.0. The molecule has 0 spiro atoms. The monoisotopic (exact) mass is 302 g/mol. The van der Waals surface area contributed by atoms with Crippen LogP contribution >= 0.6 is 0 Å². The Hall–Kier alpha value is -1.55. The van der Waals surface area contributed by atoms with E-state index >= 15 is 0 Å². The van der Waals surface area contributed by atoms with Gasteiger partial charge in [-0.25, -0.2) is 0 Å². The van der Waals surface area contributed by atoms with Crippen LogP contribution in [0.4, 0.5) is 0 Å². The SMILES string of the molecule is COc1cccc([C@H]2CCN2C(=O)CC2CCN(C)CC2)c1. The van der Waals surface area contributed by atoms with Gasteiger partial charge < -0.3 is 14.5 Å². The van der Waals surface area contributed by atoms with Crippen LogP contribution in [0.5, 0.6) is 5.75 Å². The lowest BCUT2D eigenvalue weighted by Crippen LogP contribution is -2.46. The zero-order valence-electron chi connectivity index (χ0n) is 13.6. The largest absolute Gasteiger partial charge is 0.497 e. The fourth-order valence-electron chi connectivity index (χ4n) is 3.51. The second-order valence-corrected chi connectivity index (χ2v) is 6.62. The highest BCUT2D eigenvalue weighted by atomic mass is 16.5. The van der Waals surface area contributed by atoms with Crippen molar-refractivity contribution in [1.29, 1.82) is 0 Å². The van der Waals surface area contributed by atoms with Gasteiger partial charge in [0.05, 0.1) is 13.2 Å². The fraction of sp³-hybridized carbons (Fsp3) is 0.611. The maximum Gasteiger partial charge on any atom is 0.223 e. The Balaban J connectivity index is 1.59. The van der Waals surface area contributed by atoms with Gasteiger partial charge in [0.25, 0.3) is 0 Å². The zero-order valence-corrected chi connectivity index (χ0v) is 13.6. The number of benzene rings is 1. The number of methoxy groups -OCH3 is 1. The molecule has 2 fully saturated rings. The molecule has 120 valence electrons. The second-order valence-electron chi connectivity index (χ2n) is 6.62. The molecule has 4 heteroatoms. The Kier molecular flexibility index (Phi) is 4.67. The molecule has 0 unspecified atom stereocenters. The van der Waals surface area contributed by atoms with E-state index in [9.17, 15) is 4.79 Å². The lowest BCUT2D eigenvalue weighted by Gasteiger charge is -2.42. The van der Waals surface area contributed by atoms with E-state index in [0.717, 1.165) is 44.6 Å². The van der Waals surface area contributed by atoms with Gasteiger partial charge in [0.15, 0.2) is 0 Å². The van der Waals surface area contributed by atoms with E-state index in [0.29, 0.717) is 18.2 Å². The van der Waals surface area contributed by atoms with E-state index < -0.39 is 0 Å². The second kappa shape index (κ2) is 6.69. The number of nitrogens with zero attached hydrogens (tertiary/aromatic N) is 2. The molecular weight excluding hydrogens is 276 g/mol. The van der Waals surface area contributed by atoms with Crippen LogP contribution in [0.3, 0.4) is 0 Å². The highest BCUT2D eigenvalue weighted by Gasteiger charge is 2.34. The van der Waals surface area contributed by atoms with Gasteiger partial charge in [0.2, 0.25) is 5.91 Å². The van der Waals surface area contributed by atoms with Crippen molar-refractivity contribution >= 4 is 5.91 Å². The predicted octanol–water partition coefficient (Wildman–Crippen LogP) is 2.70. The predicted molar refractivity (Wildman–Crippen MR) is 86.9 cm³/mol. The molecule has 0 bridgehead atoms. The molecule has 0 N–H and O–H groups in total. The molecular formula is C18H26N2O2. The quantitative estimate of drug-likeness (QED) is 0.857. The number of carbonyl (C=O) groups excluding carboxylic acids is 1. The molecule has 2 aliphatic heterocycles. The summed E-state index contributed by atoms with van der Waals surface area (Å²) in [5.41, 5.74) is 1.20. The number of hydrogen-bond acceptors (Lipinski definition) is 3. The minimum Gasteiger partial charge on any atom is -0.497 e. The van der Waals surface area contributed by atoms with Crippen LogP contribution in [-0.4, -0.2) is 49.5 Å². The maximum atomic E-state index is 12.6. The standard InChI is InChI=1S/C18H26N2O2/c1-19-9-6-14(7-10-19)12-18(21)20-11-8-17(20)15-4-3-5-16(13-15)22-2/h3-5,13-14,17H,6-12H2,1-2H3/t17-/m1/s1. The van der Waals surface area contributed by atoms with Crippen molar-refractivity contribution in [2.75, 3.05) is 33.8 Å². The van der Waals surface area contributed by atoms with Gasteiger partial charge >= 0.3 is 0 Å². The van der Waals surface area contributed by atoms with Gasteiger partial charge in [-0.1, -0.05) is 12.1 Å². The molecule has 1 amide bonds. The van der Waals surface area contributed by atoms with Crippen molar-refractivity contribution in [1.82, 2.24) is 9.80 Å². The summed E-state index contributed by atoms with van der Waals surface area (Å²) in [6, 6.07) is 8.36. The topological polar surface area (TPSA) is 32.8 Å². The van der Waals surface area contributed by atoms with Crippen molar-refractivity contribution < 1.29 is 9.53 Å². The van der Waals surface area contributed by atoms with Crippen LogP contribution in [0.15, 0.2) is 24.3 Å². The van der Waals surface area contributed by atoms with Gasteiger partial charge in [0.1, 0.15) is 5.75 Å². The van der Waals surface area contributed by atoms with Gasteiger partial charge in [0, 0.05) is 13.0 Å². The fourth-order valence-corrected chi connectivity index (χ4v) is 3.51. The summed E-state index contributed by atoms with van der Waals surface area (Å²) in [6.07, 6.45) is 4.08. The van der Waals surface area contributed by atoms with E-state index in [-0.39, 0.29) is 6.04 Å². The molecule has 2 aliphatic rings. The van der Waals surface area contributed by atoms with E-state index in [1.165, 1.54) is 5.56 Å². The van der Waals surface area contributed by atoms with E-state index in [1.807, 2.05) is 17.0 Å². The minimum absolute atomic E-state index is 0.244. The molecule has 22 heavy (non-hydrogen) atoms. The first-order valence-electron chi connectivity index (χ1n) is 8.29. The molecule has 0 saturated carbocycles. The summed E-state index contributed by atoms with van der Waals surface area (Å²) in [6.45, 7) is 3.14. The molecule has 3 rings (SSSR count). The van der Waals surface area contributed by atoms with Gasteiger partial charge in [-0.05, 0) is 63.0 Å². The first-order valence-corrected chi connectivity index (χ1v) is 8.29. The third-order valence-electron chi connectivity index (χ3n) is 5.12. The average molecular weight is 302 g/mol. The van der Waals surface area contributed by atoms with Crippen LogP contribution in [0.25, 0.3) is 0 Å². The van der Waals surface area contributed by atoms with Crippen LogP contribution in [-0.2, 0) is 4.79 Å². The molecule has 1 aromatic rings. The summed E-state index contributed by atoms with van der Waals surface area (Å²) < 4.78 is 5.29. The van der Waals surface area contributed by atoms with Crippen molar-refractivity contribution in [3.63, 3.8) is 0 Å². The average Bonchev–Trinajstić information content (AvgIpc) is 2.49. The lowest BCUT2D eigenvalue weighted by atomic mass is 9.90. The molecule has 4 nitrogen and oxygen atoms in total. The summed E-state index contributed by atoms with van der Waals surface area (Å²) in [5.74, 6) is 1.76. The number of ether oxygens (including phenoxy) is 1. The highest BCUT2D eigenvalue weighted by Crippen LogP contribution is 2.36. The summed E-state index contributed by atoms with van der Waals surface area (Å²) in [7, 11) is 3.84. The molecule has 0 aliphatic carbocycles. The Morgan fingerprint density at radius 2 is 2.00 bits per heavy atom. The van der Waals surface area contributed by atoms with E-state index in [2.05, 4.69) is 24.1 Å². The van der Waals surface area contributed by atoms with Gasteiger partial charge in [-0.3, -0.25) is 4.79 Å². The number of hydrogen-bond donors (Lipinski definition) is 0. The smallest absolute Gasteiger partial charge is 0.223 e. The number of rotatable bonds is 4. The van der Waals surface area contributed by atoms with Crippen molar-refractivity contribution in [2.24, 2.45) is 5.92 Å². The zero-order chi connectivity index (χ0) is 15.5. The summed E-state index contributed by atoms with van der Waals surface area (Å²) in [5, 5.41) is 0. The number of amides is 1. The number of likely N-dealkylation sites (tertiary alicyclic amines) is 2. The molecule has 0 aromatic heterocycles. The van der Waals surface area contributed by atoms with Gasteiger partial charge in [-0.2, -0.15) is 0 Å². The molecule has 1 atom stereocenters. The van der Waals surface area contributed by atoms with Crippen molar-refractivity contribution in [3.8, 4) is 5.75 Å². The molecule has 2 saturated heterocycles. The van der Waals surface area contributed by atoms with Crippen LogP contribution in [0, 0.1) is 5.92 Å². The van der Waals surface area contributed by atoms with Crippen LogP contribution in [0.2, 0.25) is 0 Å². The first kappa shape index (κ1) is 15.3. The normalized spacial score (nSPS) is 23.2. The lowest BCUT2D eigenvalue weighted by molar-refractivity contribution is -0.140.